The van der Waals surface area contributed by atoms with Crippen LogP contribution in [0.4, 0.5) is 4.39 Å². The molecule has 2 N–H and O–H groups in total. The molecule has 5 heteroatoms. The number of nitrogens with one attached hydrogen (secondary N) is 2. The van der Waals surface area contributed by atoms with Gasteiger partial charge < -0.3 is 10.6 Å². The Bertz CT molecular complexity index is 469. The van der Waals surface area contributed by atoms with Gasteiger partial charge in [0, 0.05) is 12.6 Å². The average Bonchev–Trinajstić information content (AvgIpc) is 2.38. The summed E-state index contributed by atoms with van der Waals surface area (Å²) >= 11 is 0. The maximum Gasteiger partial charge on any atom is 0.244 e. The highest BCUT2D eigenvalue weighted by Crippen LogP contribution is 2.04. The molecule has 0 aliphatic rings. The third-order valence-corrected chi connectivity index (χ3v) is 2.40. The van der Waals surface area contributed by atoms with Crippen LogP contribution in [-0.4, -0.2) is 24.4 Å². The molecule has 1 aromatic rings. The molecule has 4 nitrogen and oxygen atoms in total. The molecule has 0 bridgehead atoms. The van der Waals surface area contributed by atoms with E-state index in [1.807, 2.05) is 0 Å². The number of hydrogen-bond donors (Lipinski definition) is 2. The van der Waals surface area contributed by atoms with Crippen LogP contribution in [-0.2, 0) is 9.59 Å². The minimum Gasteiger partial charge on any atom is -0.355 e. The summed E-state index contributed by atoms with van der Waals surface area (Å²) in [5.74, 6) is -0.930. The van der Waals surface area contributed by atoms with Crippen LogP contribution < -0.4 is 10.6 Å². The zero-order valence-electron chi connectivity index (χ0n) is 10.9. The van der Waals surface area contributed by atoms with Crippen LogP contribution in [0.1, 0.15) is 19.4 Å². The lowest BCUT2D eigenvalue weighted by molar-refractivity contribution is -0.126. The monoisotopic (exact) mass is 264 g/mol. The van der Waals surface area contributed by atoms with E-state index in [4.69, 9.17) is 0 Å². The summed E-state index contributed by atoms with van der Waals surface area (Å²) in [5, 5.41) is 5.15. The van der Waals surface area contributed by atoms with E-state index in [2.05, 4.69) is 10.6 Å². The summed E-state index contributed by atoms with van der Waals surface area (Å²) in [5.41, 5.74) is 0.710. The van der Waals surface area contributed by atoms with Crippen molar-refractivity contribution in [3.05, 3.63) is 41.7 Å². The van der Waals surface area contributed by atoms with Gasteiger partial charge in [-0.15, -0.1) is 0 Å². The van der Waals surface area contributed by atoms with Crippen LogP contribution >= 0.6 is 0 Å². The number of benzene rings is 1. The number of halogens is 1. The minimum atomic E-state index is -0.592. The molecule has 0 unspecified atom stereocenters. The van der Waals surface area contributed by atoms with Gasteiger partial charge >= 0.3 is 0 Å². The number of likely N-dealkylation sites (N-methyl/N-ethyl adjacent to an activating group) is 1. The summed E-state index contributed by atoms with van der Waals surface area (Å²) in [6.45, 7) is 3.93. The van der Waals surface area contributed by atoms with Gasteiger partial charge in [-0.1, -0.05) is 12.1 Å². The molecule has 102 valence electrons. The molecule has 0 aliphatic carbocycles. The fraction of sp³-hybridized carbons (Fsp3) is 0.286. The Morgan fingerprint density at radius 3 is 2.53 bits per heavy atom. The number of hydrogen-bond acceptors (Lipinski definition) is 2. The molecular weight excluding hydrogens is 247 g/mol. The second-order valence-corrected chi connectivity index (χ2v) is 4.01. The summed E-state index contributed by atoms with van der Waals surface area (Å²) in [7, 11) is 0. The standard InChI is InChI=1S/C14H17FN2O2/c1-3-16-14(19)10(2)17-13(18)9-6-11-4-7-12(15)8-5-11/h4-10H,3H2,1-2H3,(H,16,19)(H,17,18)/b9-6+/t10-/m0/s1. The zero-order chi connectivity index (χ0) is 14.3. The molecular formula is C14H17FN2O2. The van der Waals surface area contributed by atoms with Gasteiger partial charge in [0.05, 0.1) is 0 Å². The van der Waals surface area contributed by atoms with Crippen LogP contribution in [0.25, 0.3) is 6.08 Å². The van der Waals surface area contributed by atoms with Gasteiger partial charge in [-0.2, -0.15) is 0 Å². The van der Waals surface area contributed by atoms with Gasteiger partial charge in [-0.05, 0) is 37.6 Å². The van der Waals surface area contributed by atoms with Crippen molar-refractivity contribution in [1.82, 2.24) is 10.6 Å². The van der Waals surface area contributed by atoms with Gasteiger partial charge in [0.2, 0.25) is 11.8 Å². The maximum absolute atomic E-state index is 12.7. The first kappa shape index (κ1) is 14.9. The predicted molar refractivity (Wildman–Crippen MR) is 71.7 cm³/mol. The number of carbonyl (C=O) groups is 2. The smallest absolute Gasteiger partial charge is 0.244 e. The number of rotatable bonds is 5. The maximum atomic E-state index is 12.7. The van der Waals surface area contributed by atoms with Crippen LogP contribution in [0.15, 0.2) is 30.3 Å². The second kappa shape index (κ2) is 7.31. The molecule has 0 saturated heterocycles. The fourth-order valence-electron chi connectivity index (χ4n) is 1.40. The Morgan fingerprint density at radius 2 is 1.95 bits per heavy atom. The molecule has 2 amide bonds. The molecule has 0 radical (unpaired) electrons. The highest BCUT2D eigenvalue weighted by Gasteiger charge is 2.12. The Kier molecular flexibility index (Phi) is 5.73. The van der Waals surface area contributed by atoms with Crippen molar-refractivity contribution < 1.29 is 14.0 Å². The molecule has 0 spiro atoms. The average molecular weight is 264 g/mol. The van der Waals surface area contributed by atoms with Crippen molar-refractivity contribution in [3.63, 3.8) is 0 Å². The van der Waals surface area contributed by atoms with Crippen molar-refractivity contribution in [2.75, 3.05) is 6.54 Å². The molecule has 1 atom stereocenters. The van der Waals surface area contributed by atoms with Crippen LogP contribution in [0.3, 0.4) is 0 Å². The first-order valence-electron chi connectivity index (χ1n) is 6.04. The molecule has 0 aliphatic heterocycles. The zero-order valence-corrected chi connectivity index (χ0v) is 10.9. The van der Waals surface area contributed by atoms with Gasteiger partial charge in [0.1, 0.15) is 11.9 Å². The molecule has 0 fully saturated rings. The minimum absolute atomic E-state index is 0.231. The van der Waals surface area contributed by atoms with Crippen LogP contribution in [0.2, 0.25) is 0 Å². The van der Waals surface area contributed by atoms with Gasteiger partial charge in [0.25, 0.3) is 0 Å². The molecule has 1 aromatic carbocycles. The Morgan fingerprint density at radius 1 is 1.32 bits per heavy atom. The van der Waals surface area contributed by atoms with E-state index in [-0.39, 0.29) is 17.6 Å². The summed E-state index contributed by atoms with van der Waals surface area (Å²) in [6, 6.07) is 5.16. The lowest BCUT2D eigenvalue weighted by atomic mass is 10.2. The van der Waals surface area contributed by atoms with Crippen molar-refractivity contribution in [3.8, 4) is 0 Å². The first-order chi connectivity index (χ1) is 9.02. The van der Waals surface area contributed by atoms with Gasteiger partial charge in [0.15, 0.2) is 0 Å². The van der Waals surface area contributed by atoms with Gasteiger partial charge in [-0.25, -0.2) is 4.39 Å². The molecule has 0 saturated carbocycles. The molecule has 1 rings (SSSR count). The van der Waals surface area contributed by atoms with Crippen molar-refractivity contribution in [1.29, 1.82) is 0 Å². The van der Waals surface area contributed by atoms with Gasteiger partial charge in [-0.3, -0.25) is 9.59 Å². The SMILES string of the molecule is CCNC(=O)[C@H](C)NC(=O)/C=C/c1ccc(F)cc1. The van der Waals surface area contributed by atoms with Crippen molar-refractivity contribution in [2.24, 2.45) is 0 Å². The highest BCUT2D eigenvalue weighted by atomic mass is 19.1. The Balaban J connectivity index is 2.51. The van der Waals surface area contributed by atoms with E-state index in [0.717, 1.165) is 0 Å². The number of carbonyl (C=O) groups excluding carboxylic acids is 2. The molecule has 0 aromatic heterocycles. The lowest BCUT2D eigenvalue weighted by Crippen LogP contribution is -2.44. The van der Waals surface area contributed by atoms with Crippen LogP contribution in [0.5, 0.6) is 0 Å². The van der Waals surface area contributed by atoms with E-state index in [1.165, 1.54) is 18.2 Å². The van der Waals surface area contributed by atoms with Crippen molar-refractivity contribution >= 4 is 17.9 Å². The predicted octanol–water partition coefficient (Wildman–Crippen LogP) is 1.48. The highest BCUT2D eigenvalue weighted by molar-refractivity contribution is 5.95. The molecule has 19 heavy (non-hydrogen) atoms. The quantitative estimate of drug-likeness (QED) is 0.791. The van der Waals surface area contributed by atoms with E-state index in [1.54, 1.807) is 32.1 Å². The van der Waals surface area contributed by atoms with E-state index in [0.29, 0.717) is 12.1 Å². The fourth-order valence-corrected chi connectivity index (χ4v) is 1.40. The summed E-state index contributed by atoms with van der Waals surface area (Å²) in [6.07, 6.45) is 2.86. The normalized spacial score (nSPS) is 12.2. The lowest BCUT2D eigenvalue weighted by Gasteiger charge is -2.11. The van der Waals surface area contributed by atoms with E-state index < -0.39 is 6.04 Å². The van der Waals surface area contributed by atoms with E-state index >= 15 is 0 Å². The second-order valence-electron chi connectivity index (χ2n) is 4.01. The van der Waals surface area contributed by atoms with Crippen molar-refractivity contribution in [2.45, 2.75) is 19.9 Å². The molecule has 0 heterocycles. The summed E-state index contributed by atoms with van der Waals surface area (Å²) < 4.78 is 12.7. The topological polar surface area (TPSA) is 58.2 Å². The third kappa shape index (κ3) is 5.33. The summed E-state index contributed by atoms with van der Waals surface area (Å²) in [4.78, 5) is 22.9. The first-order valence-corrected chi connectivity index (χ1v) is 6.04. The largest absolute Gasteiger partial charge is 0.355 e. The Labute approximate surface area is 111 Å². The van der Waals surface area contributed by atoms with E-state index in [9.17, 15) is 14.0 Å². The van der Waals surface area contributed by atoms with Crippen LogP contribution in [0, 0.1) is 5.82 Å². The third-order valence-electron chi connectivity index (χ3n) is 2.40. The Hall–Kier alpha value is -2.17. The number of amides is 2.